The molecule has 0 saturated heterocycles. The summed E-state index contributed by atoms with van der Waals surface area (Å²) < 4.78 is 6.43. The van der Waals surface area contributed by atoms with Crippen molar-refractivity contribution in [3.8, 4) is 0 Å². The van der Waals surface area contributed by atoms with Crippen LogP contribution in [0.3, 0.4) is 0 Å². The van der Waals surface area contributed by atoms with Gasteiger partial charge in [0.15, 0.2) is 8.32 Å². The quantitative estimate of drug-likeness (QED) is 0.649. The van der Waals surface area contributed by atoms with Gasteiger partial charge in [-0.15, -0.1) is 0 Å². The fourth-order valence-corrected chi connectivity index (χ4v) is 3.15. The lowest BCUT2D eigenvalue weighted by atomic mass is 9.97. The Labute approximate surface area is 102 Å². The summed E-state index contributed by atoms with van der Waals surface area (Å²) in [5, 5.41) is 0.308. The van der Waals surface area contributed by atoms with E-state index >= 15 is 0 Å². The molecule has 0 spiro atoms. The predicted octanol–water partition coefficient (Wildman–Crippen LogP) is 4.67. The average Bonchev–Trinajstić information content (AvgIpc) is 2.15. The van der Waals surface area contributed by atoms with Gasteiger partial charge in [-0.25, -0.2) is 0 Å². The van der Waals surface area contributed by atoms with Crippen LogP contribution in [0.1, 0.15) is 40.0 Å². The molecule has 16 heavy (non-hydrogen) atoms. The van der Waals surface area contributed by atoms with Crippen LogP contribution >= 0.6 is 0 Å². The van der Waals surface area contributed by atoms with Gasteiger partial charge in [0.05, 0.1) is 0 Å². The fourth-order valence-electron chi connectivity index (χ4n) is 1.76. The van der Waals surface area contributed by atoms with Crippen LogP contribution in [0.15, 0.2) is 24.3 Å². The Morgan fingerprint density at radius 3 is 2.56 bits per heavy atom. The zero-order chi connectivity index (χ0) is 12.4. The van der Waals surface area contributed by atoms with Gasteiger partial charge in [-0.3, -0.25) is 0 Å². The van der Waals surface area contributed by atoms with Crippen LogP contribution in [0.4, 0.5) is 0 Å². The van der Waals surface area contributed by atoms with Crippen molar-refractivity contribution in [2.75, 3.05) is 0 Å². The molecule has 0 N–H and O–H groups in total. The van der Waals surface area contributed by atoms with Crippen molar-refractivity contribution in [3.63, 3.8) is 0 Å². The Hall–Kier alpha value is -0.343. The maximum Gasteiger partial charge on any atom is 0.192 e. The first-order chi connectivity index (χ1) is 7.26. The summed E-state index contributed by atoms with van der Waals surface area (Å²) in [6, 6.07) is 0. The molecule has 0 heterocycles. The van der Waals surface area contributed by atoms with E-state index < -0.39 is 8.32 Å². The minimum atomic E-state index is -1.60. The maximum atomic E-state index is 6.43. The smallest absolute Gasteiger partial charge is 0.192 e. The number of hydrogen-bond donors (Lipinski definition) is 0. The summed E-state index contributed by atoms with van der Waals surface area (Å²) in [5.74, 6) is 0. The largest absolute Gasteiger partial charge is 0.414 e. The van der Waals surface area contributed by atoms with E-state index in [-0.39, 0.29) is 0 Å². The van der Waals surface area contributed by atoms with Crippen molar-refractivity contribution in [1.29, 1.82) is 0 Å². The molecule has 0 aliphatic heterocycles. The van der Waals surface area contributed by atoms with Crippen molar-refractivity contribution in [3.05, 3.63) is 24.3 Å². The first-order valence-corrected chi connectivity index (χ1v) is 9.16. The lowest BCUT2D eigenvalue weighted by Crippen LogP contribution is -2.44. The van der Waals surface area contributed by atoms with Crippen molar-refractivity contribution >= 4 is 8.32 Å². The van der Waals surface area contributed by atoms with Gasteiger partial charge < -0.3 is 4.43 Å². The number of hydrogen-bond acceptors (Lipinski definition) is 1. The lowest BCUT2D eigenvalue weighted by molar-refractivity contribution is 0.168. The van der Waals surface area contributed by atoms with Gasteiger partial charge in [0.1, 0.15) is 0 Å². The number of rotatable bonds is 3. The zero-order valence-corrected chi connectivity index (χ0v) is 12.5. The molecule has 1 unspecified atom stereocenters. The van der Waals surface area contributed by atoms with E-state index in [4.69, 9.17) is 4.43 Å². The first kappa shape index (κ1) is 13.7. The van der Waals surface area contributed by atoms with E-state index in [0.717, 1.165) is 12.8 Å². The summed E-state index contributed by atoms with van der Waals surface area (Å²) in [6.45, 7) is 15.4. The third-order valence-corrected chi connectivity index (χ3v) is 8.42. The van der Waals surface area contributed by atoms with Gasteiger partial charge in [-0.1, -0.05) is 45.1 Å². The highest BCUT2D eigenvalue weighted by Crippen LogP contribution is 2.39. The van der Waals surface area contributed by atoms with Gasteiger partial charge in [0, 0.05) is 6.10 Å². The second kappa shape index (κ2) is 4.88. The standard InChI is InChI=1S/C14H26OSi/c1-7-12-9-8-10-13(11-12)15-16(5,6)14(2,3)4/h7,9,13H,1,8,10-11H2,2-6H3. The van der Waals surface area contributed by atoms with Crippen molar-refractivity contribution < 1.29 is 4.43 Å². The molecule has 0 fully saturated rings. The highest BCUT2D eigenvalue weighted by atomic mass is 28.4. The predicted molar refractivity (Wildman–Crippen MR) is 74.2 cm³/mol. The highest BCUT2D eigenvalue weighted by molar-refractivity contribution is 6.74. The Balaban J connectivity index is 2.62. The van der Waals surface area contributed by atoms with Crippen LogP contribution in [0.25, 0.3) is 0 Å². The van der Waals surface area contributed by atoms with Gasteiger partial charge in [0.2, 0.25) is 0 Å². The number of allylic oxidation sites excluding steroid dienone is 2. The Morgan fingerprint density at radius 1 is 1.44 bits per heavy atom. The van der Waals surface area contributed by atoms with E-state index in [9.17, 15) is 0 Å². The summed E-state index contributed by atoms with van der Waals surface area (Å²) >= 11 is 0. The molecule has 1 aliphatic rings. The minimum Gasteiger partial charge on any atom is -0.414 e. The molecule has 0 amide bonds. The van der Waals surface area contributed by atoms with Gasteiger partial charge in [-0.2, -0.15) is 0 Å². The molecule has 0 aromatic rings. The van der Waals surface area contributed by atoms with E-state index in [0.29, 0.717) is 11.1 Å². The fraction of sp³-hybridized carbons (Fsp3) is 0.714. The van der Waals surface area contributed by atoms with E-state index in [1.54, 1.807) is 0 Å². The van der Waals surface area contributed by atoms with Crippen molar-refractivity contribution in [2.24, 2.45) is 0 Å². The molecule has 0 saturated carbocycles. The van der Waals surface area contributed by atoms with Crippen molar-refractivity contribution in [1.82, 2.24) is 0 Å². The van der Waals surface area contributed by atoms with Gasteiger partial charge >= 0.3 is 0 Å². The van der Waals surface area contributed by atoms with E-state index in [2.05, 4.69) is 46.5 Å². The summed E-state index contributed by atoms with van der Waals surface area (Å²) in [6.07, 6.45) is 8.04. The highest BCUT2D eigenvalue weighted by Gasteiger charge is 2.39. The van der Waals surface area contributed by atoms with Gasteiger partial charge in [0.25, 0.3) is 0 Å². The van der Waals surface area contributed by atoms with Crippen LogP contribution in [0.2, 0.25) is 18.1 Å². The summed E-state index contributed by atoms with van der Waals surface area (Å²) in [7, 11) is -1.60. The second-order valence-corrected chi connectivity index (χ2v) is 11.0. The third kappa shape index (κ3) is 3.32. The Bertz CT molecular complexity index is 284. The molecule has 0 aromatic heterocycles. The minimum absolute atomic E-state index is 0.308. The van der Waals surface area contributed by atoms with Crippen LogP contribution in [-0.2, 0) is 4.43 Å². The third-order valence-electron chi connectivity index (χ3n) is 3.89. The molecule has 1 atom stereocenters. The summed E-state index contributed by atoms with van der Waals surface area (Å²) in [5.41, 5.74) is 1.36. The van der Waals surface area contributed by atoms with Crippen molar-refractivity contribution in [2.45, 2.75) is 64.3 Å². The normalized spacial score (nSPS) is 22.8. The maximum absolute atomic E-state index is 6.43. The zero-order valence-electron chi connectivity index (χ0n) is 11.5. The molecule has 2 heteroatoms. The molecule has 1 rings (SSSR count). The topological polar surface area (TPSA) is 9.23 Å². The monoisotopic (exact) mass is 238 g/mol. The molecular weight excluding hydrogens is 212 g/mol. The van der Waals surface area contributed by atoms with E-state index in [1.165, 1.54) is 12.0 Å². The Kier molecular flexibility index (Phi) is 4.19. The van der Waals surface area contributed by atoms with E-state index in [1.807, 2.05) is 6.08 Å². The SMILES string of the molecule is C=CC1=CCCC(O[Si](C)(C)C(C)(C)C)C1. The van der Waals surface area contributed by atoms with Crippen LogP contribution in [0, 0.1) is 0 Å². The second-order valence-electron chi connectivity index (χ2n) is 6.26. The Morgan fingerprint density at radius 2 is 2.06 bits per heavy atom. The molecule has 1 aliphatic carbocycles. The molecular formula is C14H26OSi. The average molecular weight is 238 g/mol. The molecule has 1 nitrogen and oxygen atoms in total. The van der Waals surface area contributed by atoms with Crippen LogP contribution < -0.4 is 0 Å². The van der Waals surface area contributed by atoms with Gasteiger partial charge in [-0.05, 0) is 37.4 Å². The molecule has 0 radical (unpaired) electrons. The molecule has 92 valence electrons. The molecule has 0 aromatic carbocycles. The first-order valence-electron chi connectivity index (χ1n) is 6.25. The van der Waals surface area contributed by atoms with Crippen LogP contribution in [0.5, 0.6) is 0 Å². The van der Waals surface area contributed by atoms with Crippen LogP contribution in [-0.4, -0.2) is 14.4 Å². The molecule has 0 bridgehead atoms. The lowest BCUT2D eigenvalue weighted by Gasteiger charge is -2.40. The summed E-state index contributed by atoms with van der Waals surface area (Å²) in [4.78, 5) is 0.